The lowest BCUT2D eigenvalue weighted by molar-refractivity contribution is 0.635. The molecular weight excluding hydrogens is 128 g/mol. The molecule has 0 nitrogen and oxygen atoms in total. The number of fused-ring (bicyclic) bond motifs is 1. The Balaban J connectivity index is 2.24. The van der Waals surface area contributed by atoms with Crippen molar-refractivity contribution < 1.29 is 0 Å². The van der Waals surface area contributed by atoms with Crippen LogP contribution in [-0.2, 0) is 0 Å². The molecule has 1 atom stereocenters. The van der Waals surface area contributed by atoms with Crippen LogP contribution in [0.4, 0.5) is 0 Å². The molecule has 2 aliphatic rings. The van der Waals surface area contributed by atoms with Crippen molar-refractivity contribution in [1.82, 2.24) is 0 Å². The molecule has 1 aliphatic carbocycles. The molecule has 0 bridgehead atoms. The van der Waals surface area contributed by atoms with Crippen molar-refractivity contribution in [1.29, 1.82) is 0 Å². The quantitative estimate of drug-likeness (QED) is 0.496. The molecular formula is C8H10S. The van der Waals surface area contributed by atoms with Crippen LogP contribution < -0.4 is 0 Å². The SMILES string of the molecule is C1=CC2=CSCC2CC1. The van der Waals surface area contributed by atoms with E-state index in [9.17, 15) is 0 Å². The normalized spacial score (nSPS) is 32.0. The zero-order valence-electron chi connectivity index (χ0n) is 5.34. The van der Waals surface area contributed by atoms with Gasteiger partial charge in [-0.05, 0) is 29.7 Å². The molecule has 9 heavy (non-hydrogen) atoms. The lowest BCUT2D eigenvalue weighted by atomic mass is 9.92. The highest BCUT2D eigenvalue weighted by molar-refractivity contribution is 8.02. The number of allylic oxidation sites excluding steroid dienone is 3. The van der Waals surface area contributed by atoms with E-state index in [4.69, 9.17) is 0 Å². The molecule has 48 valence electrons. The van der Waals surface area contributed by atoms with Gasteiger partial charge in [-0.1, -0.05) is 12.2 Å². The van der Waals surface area contributed by atoms with Crippen molar-refractivity contribution >= 4 is 11.8 Å². The summed E-state index contributed by atoms with van der Waals surface area (Å²) in [5.74, 6) is 2.24. The summed E-state index contributed by atoms with van der Waals surface area (Å²) in [4.78, 5) is 0. The third-order valence-corrected chi connectivity index (χ3v) is 3.01. The van der Waals surface area contributed by atoms with E-state index in [1.807, 2.05) is 11.8 Å². The van der Waals surface area contributed by atoms with Crippen LogP contribution in [0, 0.1) is 5.92 Å². The van der Waals surface area contributed by atoms with E-state index in [0.717, 1.165) is 5.92 Å². The zero-order chi connectivity index (χ0) is 6.10. The topological polar surface area (TPSA) is 0 Å². The average molecular weight is 138 g/mol. The van der Waals surface area contributed by atoms with Crippen LogP contribution >= 0.6 is 11.8 Å². The second-order valence-corrected chi connectivity index (χ2v) is 3.53. The van der Waals surface area contributed by atoms with E-state index in [-0.39, 0.29) is 0 Å². The van der Waals surface area contributed by atoms with Crippen molar-refractivity contribution in [2.24, 2.45) is 5.92 Å². The first kappa shape index (κ1) is 5.60. The van der Waals surface area contributed by atoms with Gasteiger partial charge >= 0.3 is 0 Å². The van der Waals surface area contributed by atoms with E-state index < -0.39 is 0 Å². The van der Waals surface area contributed by atoms with Gasteiger partial charge in [-0.2, -0.15) is 0 Å². The van der Waals surface area contributed by atoms with Crippen molar-refractivity contribution in [3.63, 3.8) is 0 Å². The minimum Gasteiger partial charge on any atom is -0.133 e. The maximum Gasteiger partial charge on any atom is 0.00434 e. The van der Waals surface area contributed by atoms with Gasteiger partial charge in [0.25, 0.3) is 0 Å². The third kappa shape index (κ3) is 0.940. The lowest BCUT2D eigenvalue weighted by Gasteiger charge is -2.13. The first-order valence-corrected chi connectivity index (χ1v) is 4.50. The van der Waals surface area contributed by atoms with Crippen LogP contribution in [0.3, 0.4) is 0 Å². The summed E-state index contributed by atoms with van der Waals surface area (Å²) in [5, 5.41) is 2.31. The number of hydrogen-bond acceptors (Lipinski definition) is 1. The van der Waals surface area contributed by atoms with Gasteiger partial charge < -0.3 is 0 Å². The average Bonchev–Trinajstić information content (AvgIpc) is 2.33. The minimum absolute atomic E-state index is 0.903. The predicted molar refractivity (Wildman–Crippen MR) is 42.4 cm³/mol. The Labute approximate surface area is 60.0 Å². The molecule has 0 saturated carbocycles. The molecule has 1 unspecified atom stereocenters. The first-order chi connectivity index (χ1) is 4.47. The summed E-state index contributed by atoms with van der Waals surface area (Å²) >= 11 is 1.97. The van der Waals surface area contributed by atoms with Gasteiger partial charge in [-0.25, -0.2) is 0 Å². The molecule has 0 radical (unpaired) electrons. The van der Waals surface area contributed by atoms with Crippen LogP contribution in [0.2, 0.25) is 0 Å². The second kappa shape index (κ2) is 2.22. The summed E-state index contributed by atoms with van der Waals surface area (Å²) in [5.41, 5.74) is 1.58. The molecule has 1 aliphatic heterocycles. The number of hydrogen-bond donors (Lipinski definition) is 0. The van der Waals surface area contributed by atoms with Crippen molar-refractivity contribution in [3.05, 3.63) is 23.1 Å². The fourth-order valence-corrected chi connectivity index (χ4v) is 2.55. The smallest absolute Gasteiger partial charge is 0.00434 e. The predicted octanol–water partition coefficient (Wildman–Crippen LogP) is 2.58. The van der Waals surface area contributed by atoms with Crippen molar-refractivity contribution in [2.75, 3.05) is 5.75 Å². The minimum atomic E-state index is 0.903. The maximum atomic E-state index is 2.31. The molecule has 0 aromatic rings. The third-order valence-electron chi connectivity index (χ3n) is 1.98. The molecule has 1 heterocycles. The molecule has 0 amide bonds. The molecule has 1 heteroatoms. The van der Waals surface area contributed by atoms with Crippen molar-refractivity contribution in [2.45, 2.75) is 12.8 Å². The van der Waals surface area contributed by atoms with Gasteiger partial charge in [0.05, 0.1) is 0 Å². The van der Waals surface area contributed by atoms with Gasteiger partial charge in [0.2, 0.25) is 0 Å². The molecule has 0 aromatic heterocycles. The Bertz CT molecular complexity index is 167. The van der Waals surface area contributed by atoms with Crippen LogP contribution in [0.25, 0.3) is 0 Å². The second-order valence-electron chi connectivity index (χ2n) is 2.63. The van der Waals surface area contributed by atoms with E-state index in [1.165, 1.54) is 18.6 Å². The van der Waals surface area contributed by atoms with Crippen LogP contribution in [0.15, 0.2) is 23.1 Å². The lowest BCUT2D eigenvalue weighted by Crippen LogP contribution is -2.03. The zero-order valence-corrected chi connectivity index (χ0v) is 6.16. The van der Waals surface area contributed by atoms with Crippen molar-refractivity contribution in [3.8, 4) is 0 Å². The Hall–Kier alpha value is -0.170. The van der Waals surface area contributed by atoms with Gasteiger partial charge in [0.1, 0.15) is 0 Å². The van der Waals surface area contributed by atoms with Crippen LogP contribution in [0.1, 0.15) is 12.8 Å². The molecule has 0 spiro atoms. The largest absolute Gasteiger partial charge is 0.133 e. The van der Waals surface area contributed by atoms with Crippen LogP contribution in [0.5, 0.6) is 0 Å². The van der Waals surface area contributed by atoms with E-state index in [2.05, 4.69) is 17.6 Å². The molecule has 0 N–H and O–H groups in total. The highest BCUT2D eigenvalue weighted by atomic mass is 32.2. The van der Waals surface area contributed by atoms with E-state index in [1.54, 1.807) is 5.57 Å². The highest BCUT2D eigenvalue weighted by Gasteiger charge is 2.18. The molecule has 0 saturated heterocycles. The highest BCUT2D eigenvalue weighted by Crippen LogP contribution is 2.34. The fourth-order valence-electron chi connectivity index (χ4n) is 1.40. The Morgan fingerprint density at radius 3 is 3.44 bits per heavy atom. The van der Waals surface area contributed by atoms with E-state index in [0.29, 0.717) is 0 Å². The van der Waals surface area contributed by atoms with Crippen LogP contribution in [-0.4, -0.2) is 5.75 Å². The number of thioether (sulfide) groups is 1. The van der Waals surface area contributed by atoms with E-state index >= 15 is 0 Å². The maximum absolute atomic E-state index is 2.31. The van der Waals surface area contributed by atoms with Gasteiger partial charge in [0.15, 0.2) is 0 Å². The van der Waals surface area contributed by atoms with Gasteiger partial charge in [-0.3, -0.25) is 0 Å². The monoisotopic (exact) mass is 138 g/mol. The summed E-state index contributed by atoms with van der Waals surface area (Å²) in [6.07, 6.45) is 7.25. The summed E-state index contributed by atoms with van der Waals surface area (Å²) in [6, 6.07) is 0. The van der Waals surface area contributed by atoms with Gasteiger partial charge in [-0.15, -0.1) is 11.8 Å². The Kier molecular flexibility index (Phi) is 1.38. The number of rotatable bonds is 0. The standard InChI is InChI=1S/C8H10S/c1-2-4-8-6-9-5-7(8)3-1/h1,3,5,8H,2,4,6H2. The Morgan fingerprint density at radius 2 is 2.56 bits per heavy atom. The summed E-state index contributed by atoms with van der Waals surface area (Å²) in [7, 11) is 0. The molecule has 2 rings (SSSR count). The summed E-state index contributed by atoms with van der Waals surface area (Å²) < 4.78 is 0. The first-order valence-electron chi connectivity index (χ1n) is 3.45. The fraction of sp³-hybridized carbons (Fsp3) is 0.500. The summed E-state index contributed by atoms with van der Waals surface area (Å²) in [6.45, 7) is 0. The molecule has 0 fully saturated rings. The Morgan fingerprint density at radius 1 is 1.56 bits per heavy atom. The molecule has 0 aromatic carbocycles. The van der Waals surface area contributed by atoms with Gasteiger partial charge in [0, 0.05) is 5.75 Å².